The van der Waals surface area contributed by atoms with Gasteiger partial charge in [0.1, 0.15) is 0 Å². The average molecular weight is 442 g/mol. The SMILES string of the molecule is O=C1NC(=O)C([CH]2c3ccc[c]4c3C=[C](CCN3CCCC3)[In]42)S1. The van der Waals surface area contributed by atoms with Crippen LogP contribution in [0.15, 0.2) is 21.5 Å². The van der Waals surface area contributed by atoms with Crippen molar-refractivity contribution < 1.29 is 9.59 Å². The normalized spacial score (nSPS) is 28.0. The maximum absolute atomic E-state index is 12.3. The van der Waals surface area contributed by atoms with Gasteiger partial charge in [-0.25, -0.2) is 0 Å². The van der Waals surface area contributed by atoms with Crippen LogP contribution in [0.1, 0.15) is 34.1 Å². The molecule has 0 aromatic heterocycles. The number of rotatable bonds is 4. The van der Waals surface area contributed by atoms with Crippen LogP contribution in [0.3, 0.4) is 0 Å². The fraction of sp³-hybridized carbons (Fsp3) is 0.444. The first-order valence-electron chi connectivity index (χ1n) is 8.79. The Kier molecular flexibility index (Phi) is 3.83. The molecule has 24 heavy (non-hydrogen) atoms. The molecule has 6 heteroatoms. The second-order valence-electron chi connectivity index (χ2n) is 7.19. The van der Waals surface area contributed by atoms with Crippen LogP contribution in [-0.4, -0.2) is 62.4 Å². The van der Waals surface area contributed by atoms with Gasteiger partial charge in [-0.05, 0) is 0 Å². The zero-order valence-corrected chi connectivity index (χ0v) is 17.6. The van der Waals surface area contributed by atoms with E-state index in [2.05, 4.69) is 34.5 Å². The van der Waals surface area contributed by atoms with Gasteiger partial charge in [0, 0.05) is 0 Å². The molecular formula is C18H19InN2O2S. The summed E-state index contributed by atoms with van der Waals surface area (Å²) < 4.78 is 3.57. The van der Waals surface area contributed by atoms with Crippen LogP contribution in [0.5, 0.6) is 0 Å². The Morgan fingerprint density at radius 1 is 1.25 bits per heavy atom. The number of nitrogens with one attached hydrogen (secondary N) is 1. The van der Waals surface area contributed by atoms with Crippen LogP contribution in [0.25, 0.3) is 6.08 Å². The molecule has 4 aliphatic heterocycles. The monoisotopic (exact) mass is 442 g/mol. The van der Waals surface area contributed by atoms with Crippen molar-refractivity contribution in [2.24, 2.45) is 0 Å². The first-order valence-corrected chi connectivity index (χ1v) is 14.9. The molecule has 4 heterocycles. The number of hydrogen-bond donors (Lipinski definition) is 1. The number of thioether (sulfide) groups is 1. The van der Waals surface area contributed by atoms with Crippen molar-refractivity contribution in [3.63, 3.8) is 0 Å². The van der Waals surface area contributed by atoms with E-state index in [0.717, 1.165) is 13.0 Å². The average Bonchev–Trinajstić information content (AvgIpc) is 3.30. The number of amides is 2. The summed E-state index contributed by atoms with van der Waals surface area (Å²) in [7, 11) is 0. The van der Waals surface area contributed by atoms with Crippen molar-refractivity contribution in [1.82, 2.24) is 10.2 Å². The molecule has 0 aliphatic carbocycles. The first-order chi connectivity index (χ1) is 11.7. The topological polar surface area (TPSA) is 49.4 Å². The molecule has 4 nitrogen and oxygen atoms in total. The molecule has 1 aromatic carbocycles. The third-order valence-corrected chi connectivity index (χ3v) is 18.9. The van der Waals surface area contributed by atoms with E-state index >= 15 is 0 Å². The van der Waals surface area contributed by atoms with Crippen LogP contribution in [-0.2, 0) is 4.79 Å². The third-order valence-electron chi connectivity index (χ3n) is 5.92. The summed E-state index contributed by atoms with van der Waals surface area (Å²) in [6.07, 6.45) is 6.27. The van der Waals surface area contributed by atoms with Crippen LogP contribution < -0.4 is 8.64 Å². The Bertz CT molecular complexity index is 772. The number of imide groups is 1. The van der Waals surface area contributed by atoms with Crippen molar-refractivity contribution in [3.8, 4) is 0 Å². The predicted octanol–water partition coefficient (Wildman–Crippen LogP) is 1.80. The molecule has 0 spiro atoms. The summed E-state index contributed by atoms with van der Waals surface area (Å²) in [5.74, 6) is -0.0640. The molecule has 4 bridgehead atoms. The second-order valence-corrected chi connectivity index (χ2v) is 17.0. The van der Waals surface area contributed by atoms with Crippen molar-refractivity contribution in [3.05, 3.63) is 32.7 Å². The third kappa shape index (κ3) is 2.33. The maximum atomic E-state index is 12.3. The van der Waals surface area contributed by atoms with Gasteiger partial charge in [0.05, 0.1) is 0 Å². The molecule has 1 aromatic rings. The van der Waals surface area contributed by atoms with E-state index in [1.54, 1.807) is 6.65 Å². The van der Waals surface area contributed by atoms with Crippen molar-refractivity contribution in [1.29, 1.82) is 0 Å². The summed E-state index contributed by atoms with van der Waals surface area (Å²) in [6.45, 7) is 3.65. The Morgan fingerprint density at radius 2 is 2.08 bits per heavy atom. The molecular weight excluding hydrogens is 423 g/mol. The van der Waals surface area contributed by atoms with Gasteiger partial charge >= 0.3 is 154 Å². The van der Waals surface area contributed by atoms with Crippen molar-refractivity contribution >= 4 is 53.7 Å². The van der Waals surface area contributed by atoms with Crippen LogP contribution >= 0.6 is 11.8 Å². The van der Waals surface area contributed by atoms with Crippen LogP contribution in [0.2, 0.25) is 0 Å². The second kappa shape index (κ2) is 5.92. The van der Waals surface area contributed by atoms with E-state index in [4.69, 9.17) is 0 Å². The summed E-state index contributed by atoms with van der Waals surface area (Å²) in [5, 5.41) is 2.15. The summed E-state index contributed by atoms with van der Waals surface area (Å²) in [4.78, 5) is 26.6. The molecule has 1 N–H and O–H groups in total. The van der Waals surface area contributed by atoms with Gasteiger partial charge < -0.3 is 0 Å². The molecule has 5 rings (SSSR count). The number of hydrogen-bond acceptors (Lipinski definition) is 4. The summed E-state index contributed by atoms with van der Waals surface area (Å²) >= 11 is -1.01. The van der Waals surface area contributed by atoms with Gasteiger partial charge in [-0.15, -0.1) is 0 Å². The molecule has 2 saturated heterocycles. The molecule has 122 valence electrons. The zero-order chi connectivity index (χ0) is 16.3. The van der Waals surface area contributed by atoms with E-state index in [0.29, 0.717) is 3.67 Å². The van der Waals surface area contributed by atoms with Gasteiger partial charge in [-0.3, -0.25) is 0 Å². The van der Waals surface area contributed by atoms with E-state index in [1.165, 1.54) is 48.8 Å². The molecule has 0 radical (unpaired) electrons. The number of nitrogens with zero attached hydrogens (tertiary/aromatic N) is 1. The minimum absolute atomic E-state index is 0.0640. The Hall–Kier alpha value is -0.720. The molecule has 2 atom stereocenters. The Balaban J connectivity index is 1.42. The molecule has 0 saturated carbocycles. The van der Waals surface area contributed by atoms with Crippen LogP contribution in [0, 0.1) is 0 Å². The van der Waals surface area contributed by atoms with Gasteiger partial charge in [0.15, 0.2) is 0 Å². The van der Waals surface area contributed by atoms with Gasteiger partial charge in [-0.1, -0.05) is 0 Å². The standard InChI is InChI=1S/C18H19N2O2S.In/c21-17-16(23-18(22)19-17)13-15-9-2-1-7-14(15)8-3-4-10-20-11-5-6-12-20;/h1-2,8-9,13,16H,4-6,10-12H2,(H,19,21,22);. The molecule has 2 unspecified atom stereocenters. The van der Waals surface area contributed by atoms with Gasteiger partial charge in [0.25, 0.3) is 0 Å². The first kappa shape index (κ1) is 15.5. The van der Waals surface area contributed by atoms with Gasteiger partial charge in [0.2, 0.25) is 0 Å². The predicted molar refractivity (Wildman–Crippen MR) is 97.8 cm³/mol. The Labute approximate surface area is 153 Å². The zero-order valence-electron chi connectivity index (χ0n) is 13.5. The van der Waals surface area contributed by atoms with E-state index in [9.17, 15) is 9.59 Å². The molecule has 2 amide bonds. The number of carbonyl (C=O) groups is 2. The number of carbonyl (C=O) groups excluding carboxylic acids is 2. The quantitative estimate of drug-likeness (QED) is 0.773. The van der Waals surface area contributed by atoms with E-state index < -0.39 is 21.4 Å². The molecule has 2 fully saturated rings. The summed E-state index contributed by atoms with van der Waals surface area (Å²) in [5.41, 5.74) is 2.76. The van der Waals surface area contributed by atoms with Gasteiger partial charge in [-0.2, -0.15) is 0 Å². The number of likely N-dealkylation sites (tertiary alicyclic amines) is 1. The number of benzene rings is 1. The van der Waals surface area contributed by atoms with Crippen molar-refractivity contribution in [2.75, 3.05) is 19.6 Å². The van der Waals surface area contributed by atoms with E-state index in [-0.39, 0.29) is 16.4 Å². The minimum atomic E-state index is -2.24. The van der Waals surface area contributed by atoms with E-state index in [1.807, 2.05) is 0 Å². The molecule has 4 aliphatic rings. The van der Waals surface area contributed by atoms with Crippen molar-refractivity contribution in [2.45, 2.75) is 28.2 Å². The fourth-order valence-electron chi connectivity index (χ4n) is 4.87. The summed E-state index contributed by atoms with van der Waals surface area (Å²) in [6, 6.07) is 6.62. The Morgan fingerprint density at radius 3 is 2.79 bits per heavy atom. The fourth-order valence-corrected chi connectivity index (χ4v) is 19.2. The van der Waals surface area contributed by atoms with Crippen LogP contribution in [0.4, 0.5) is 4.79 Å².